The van der Waals surface area contributed by atoms with Gasteiger partial charge in [0.1, 0.15) is 5.82 Å². The maximum absolute atomic E-state index is 5.59. The maximum Gasteiger partial charge on any atom is 0.157 e. The fourth-order valence-corrected chi connectivity index (χ4v) is 2.74. The molecule has 0 amide bonds. The molecule has 6 nitrogen and oxygen atoms in total. The molecule has 0 atom stereocenters. The molecule has 2 aromatic heterocycles. The van der Waals surface area contributed by atoms with Crippen LogP contribution in [0.1, 0.15) is 37.1 Å². The molecular weight excluding hydrogens is 266 g/mol. The van der Waals surface area contributed by atoms with Crippen molar-refractivity contribution in [3.05, 3.63) is 23.5 Å². The number of nitrogens with zero attached hydrogens (tertiary/aromatic N) is 3. The van der Waals surface area contributed by atoms with E-state index in [-0.39, 0.29) is 0 Å². The van der Waals surface area contributed by atoms with E-state index >= 15 is 0 Å². The van der Waals surface area contributed by atoms with Crippen LogP contribution in [-0.4, -0.2) is 40.9 Å². The zero-order chi connectivity index (χ0) is 14.7. The van der Waals surface area contributed by atoms with Crippen molar-refractivity contribution in [1.29, 1.82) is 0 Å². The van der Waals surface area contributed by atoms with E-state index < -0.39 is 0 Å². The second kappa shape index (κ2) is 6.41. The number of anilines is 1. The number of rotatable bonds is 5. The van der Waals surface area contributed by atoms with Gasteiger partial charge in [-0.3, -0.25) is 0 Å². The molecule has 1 aliphatic heterocycles. The second-order valence-corrected chi connectivity index (χ2v) is 5.43. The highest BCUT2D eigenvalue weighted by molar-refractivity contribution is 5.51. The number of nitrogens with one attached hydrogen (secondary N) is 1. The molecule has 0 aromatic carbocycles. The quantitative estimate of drug-likeness (QED) is 0.873. The Morgan fingerprint density at radius 3 is 2.90 bits per heavy atom. The fraction of sp³-hybridized carbons (Fsp3) is 0.600. The molecule has 0 aliphatic carbocycles. The van der Waals surface area contributed by atoms with Crippen molar-refractivity contribution in [2.75, 3.05) is 31.6 Å². The van der Waals surface area contributed by atoms with Gasteiger partial charge in [0, 0.05) is 50.0 Å². The van der Waals surface area contributed by atoms with Crippen LogP contribution in [0, 0.1) is 0 Å². The number of fused-ring (bicyclic) bond motifs is 1. The summed E-state index contributed by atoms with van der Waals surface area (Å²) in [6.45, 7) is 5.09. The van der Waals surface area contributed by atoms with Gasteiger partial charge < -0.3 is 15.8 Å². The van der Waals surface area contributed by atoms with E-state index in [4.69, 9.17) is 15.6 Å². The highest BCUT2D eigenvalue weighted by atomic mass is 16.5. The van der Waals surface area contributed by atoms with Gasteiger partial charge in [-0.1, -0.05) is 6.92 Å². The van der Waals surface area contributed by atoms with Gasteiger partial charge in [0.05, 0.1) is 5.69 Å². The summed E-state index contributed by atoms with van der Waals surface area (Å²) < 4.78 is 7.33. The van der Waals surface area contributed by atoms with Crippen molar-refractivity contribution in [2.45, 2.75) is 32.1 Å². The van der Waals surface area contributed by atoms with Crippen molar-refractivity contribution >= 4 is 11.5 Å². The molecule has 6 heteroatoms. The average molecular weight is 289 g/mol. The van der Waals surface area contributed by atoms with Gasteiger partial charge in [-0.15, -0.1) is 0 Å². The minimum atomic E-state index is 0.480. The molecular formula is C15H23N5O. The molecule has 2 aromatic rings. The highest BCUT2D eigenvalue weighted by Crippen LogP contribution is 2.27. The van der Waals surface area contributed by atoms with E-state index in [1.165, 1.54) is 0 Å². The van der Waals surface area contributed by atoms with Crippen molar-refractivity contribution in [2.24, 2.45) is 5.73 Å². The predicted molar refractivity (Wildman–Crippen MR) is 82.7 cm³/mol. The number of ether oxygens (including phenoxy) is 1. The Morgan fingerprint density at radius 1 is 1.38 bits per heavy atom. The third kappa shape index (κ3) is 3.01. The first-order chi connectivity index (χ1) is 10.3. The van der Waals surface area contributed by atoms with Gasteiger partial charge >= 0.3 is 0 Å². The molecule has 1 saturated heterocycles. The topological polar surface area (TPSA) is 77.5 Å². The fourth-order valence-electron chi connectivity index (χ4n) is 2.74. The molecule has 0 bridgehead atoms. The number of nitrogens with two attached hydrogens (primary N) is 1. The van der Waals surface area contributed by atoms with Crippen LogP contribution in [0.2, 0.25) is 0 Å². The first kappa shape index (κ1) is 14.3. The largest absolute Gasteiger partial charge is 0.381 e. The van der Waals surface area contributed by atoms with E-state index in [1.54, 1.807) is 0 Å². The van der Waals surface area contributed by atoms with Gasteiger partial charge in [-0.05, 0) is 19.3 Å². The molecule has 0 saturated carbocycles. The molecule has 0 unspecified atom stereocenters. The van der Waals surface area contributed by atoms with Crippen molar-refractivity contribution in [1.82, 2.24) is 14.6 Å². The molecule has 1 fully saturated rings. The van der Waals surface area contributed by atoms with E-state index in [0.717, 1.165) is 61.9 Å². The van der Waals surface area contributed by atoms with Crippen LogP contribution in [0.5, 0.6) is 0 Å². The Bertz CT molecular complexity index is 603. The Hall–Kier alpha value is -1.66. The van der Waals surface area contributed by atoms with E-state index in [9.17, 15) is 0 Å². The lowest BCUT2D eigenvalue weighted by Crippen LogP contribution is -2.16. The number of hydrogen-bond acceptors (Lipinski definition) is 5. The molecule has 0 radical (unpaired) electrons. The zero-order valence-electron chi connectivity index (χ0n) is 12.5. The lowest BCUT2D eigenvalue weighted by molar-refractivity contribution is 0.0844. The molecule has 3 heterocycles. The van der Waals surface area contributed by atoms with E-state index in [0.29, 0.717) is 12.5 Å². The molecule has 0 spiro atoms. The van der Waals surface area contributed by atoms with E-state index in [1.807, 2.05) is 4.52 Å². The highest BCUT2D eigenvalue weighted by Gasteiger charge is 2.20. The number of hydrogen-bond donors (Lipinski definition) is 2. The van der Waals surface area contributed by atoms with Crippen LogP contribution in [0.15, 0.2) is 12.1 Å². The molecule has 21 heavy (non-hydrogen) atoms. The zero-order valence-corrected chi connectivity index (χ0v) is 12.5. The predicted octanol–water partition coefficient (Wildman–Crippen LogP) is 1.56. The third-order valence-corrected chi connectivity index (χ3v) is 3.95. The van der Waals surface area contributed by atoms with Crippen molar-refractivity contribution in [3.8, 4) is 0 Å². The van der Waals surface area contributed by atoms with Crippen LogP contribution in [-0.2, 0) is 11.2 Å². The molecule has 1 aliphatic rings. The van der Waals surface area contributed by atoms with Crippen molar-refractivity contribution in [3.63, 3.8) is 0 Å². The van der Waals surface area contributed by atoms with Gasteiger partial charge in [-0.2, -0.15) is 9.61 Å². The van der Waals surface area contributed by atoms with Gasteiger partial charge in [-0.25, -0.2) is 4.98 Å². The molecule has 3 N–H and O–H groups in total. The monoisotopic (exact) mass is 289 g/mol. The first-order valence-electron chi connectivity index (χ1n) is 7.73. The third-order valence-electron chi connectivity index (χ3n) is 3.95. The number of aromatic nitrogens is 3. The van der Waals surface area contributed by atoms with Crippen LogP contribution < -0.4 is 11.1 Å². The Kier molecular flexibility index (Phi) is 4.36. The van der Waals surface area contributed by atoms with E-state index in [2.05, 4.69) is 29.4 Å². The molecule has 3 rings (SSSR count). The van der Waals surface area contributed by atoms with Gasteiger partial charge in [0.2, 0.25) is 0 Å². The van der Waals surface area contributed by atoms with Gasteiger partial charge in [0.15, 0.2) is 5.65 Å². The minimum Gasteiger partial charge on any atom is -0.381 e. The minimum absolute atomic E-state index is 0.480. The van der Waals surface area contributed by atoms with Crippen LogP contribution >= 0.6 is 0 Å². The van der Waals surface area contributed by atoms with Crippen LogP contribution in [0.4, 0.5) is 5.82 Å². The summed E-state index contributed by atoms with van der Waals surface area (Å²) in [5, 5.41) is 8.10. The Morgan fingerprint density at radius 2 is 2.19 bits per heavy atom. The Labute approximate surface area is 124 Å². The van der Waals surface area contributed by atoms with Crippen LogP contribution in [0.3, 0.4) is 0 Å². The summed E-state index contributed by atoms with van der Waals surface area (Å²) in [6.07, 6.45) is 2.98. The SMILES string of the molecule is CCc1cc(NCCN)n2nc(C3CCOCC3)cc2n1. The number of aryl methyl sites for hydroxylation is 1. The first-order valence-corrected chi connectivity index (χ1v) is 7.73. The summed E-state index contributed by atoms with van der Waals surface area (Å²) >= 11 is 0. The standard InChI is InChI=1S/C15H23N5O/c1-2-12-9-14(17-6-5-16)20-15(18-12)10-13(19-20)11-3-7-21-8-4-11/h9-11,17H,2-8,16H2,1H3. The lowest BCUT2D eigenvalue weighted by atomic mass is 9.97. The summed E-state index contributed by atoms with van der Waals surface area (Å²) in [4.78, 5) is 4.68. The van der Waals surface area contributed by atoms with Gasteiger partial charge in [0.25, 0.3) is 0 Å². The second-order valence-electron chi connectivity index (χ2n) is 5.43. The summed E-state index contributed by atoms with van der Waals surface area (Å²) in [7, 11) is 0. The van der Waals surface area contributed by atoms with Crippen LogP contribution in [0.25, 0.3) is 5.65 Å². The molecule has 114 valence electrons. The summed E-state index contributed by atoms with van der Waals surface area (Å²) in [6, 6.07) is 4.17. The smallest absolute Gasteiger partial charge is 0.157 e. The lowest BCUT2D eigenvalue weighted by Gasteiger charge is -2.19. The summed E-state index contributed by atoms with van der Waals surface area (Å²) in [5.74, 6) is 1.45. The average Bonchev–Trinajstić information content (AvgIpc) is 2.97. The Balaban J connectivity index is 1.97. The van der Waals surface area contributed by atoms with Crippen molar-refractivity contribution < 1.29 is 4.74 Å². The summed E-state index contributed by atoms with van der Waals surface area (Å²) in [5.41, 5.74) is 8.69. The maximum atomic E-state index is 5.59. The normalized spacial score (nSPS) is 16.5.